The predicted octanol–water partition coefficient (Wildman–Crippen LogP) is 5.14. The van der Waals surface area contributed by atoms with Gasteiger partial charge in [0.15, 0.2) is 0 Å². The van der Waals surface area contributed by atoms with Gasteiger partial charge in [0, 0.05) is 31.7 Å². The van der Waals surface area contributed by atoms with Crippen LogP contribution >= 0.6 is 35.0 Å². The number of nitrogens with zero attached hydrogens (tertiary/aromatic N) is 4. The second-order valence-corrected chi connectivity index (χ2v) is 12.9. The maximum Gasteiger partial charge on any atom is 0.248 e. The maximum atomic E-state index is 14.3. The van der Waals surface area contributed by atoms with Crippen molar-refractivity contribution in [1.29, 1.82) is 0 Å². The molecule has 9 nitrogen and oxygen atoms in total. The van der Waals surface area contributed by atoms with E-state index in [4.69, 9.17) is 32.7 Å². The summed E-state index contributed by atoms with van der Waals surface area (Å²) in [4.78, 5) is 4.50. The predicted molar refractivity (Wildman–Crippen MR) is 155 cm³/mol. The highest BCUT2D eigenvalue weighted by atomic mass is 35.5. The summed E-state index contributed by atoms with van der Waals surface area (Å²) in [7, 11) is 1.41. The van der Waals surface area contributed by atoms with Crippen LogP contribution in [0.2, 0.25) is 10.0 Å². The molecule has 2 aromatic heterocycles. The van der Waals surface area contributed by atoms with E-state index in [1.54, 1.807) is 12.3 Å². The largest absolute Gasteiger partial charge is 0.394 e. The Bertz CT molecular complexity index is 1420. The summed E-state index contributed by atoms with van der Waals surface area (Å²) >= 11 is 13.0. The first-order valence-corrected chi connectivity index (χ1v) is 15.3. The van der Waals surface area contributed by atoms with Gasteiger partial charge in [-0.1, -0.05) is 34.5 Å². The molecule has 1 saturated carbocycles. The lowest BCUT2D eigenvalue weighted by atomic mass is 9.79. The lowest BCUT2D eigenvalue weighted by Crippen LogP contribution is -2.56. The number of alkyl halides is 2. The summed E-state index contributed by atoms with van der Waals surface area (Å²) in [6, 6.07) is 5.18. The molecule has 15 heteroatoms. The van der Waals surface area contributed by atoms with Gasteiger partial charge in [-0.05, 0) is 43.5 Å². The number of halogens is 5. The summed E-state index contributed by atoms with van der Waals surface area (Å²) in [5, 5.41) is 40.4. The Morgan fingerprint density at radius 3 is 2.58 bits per heavy atom. The minimum Gasteiger partial charge on any atom is -0.394 e. The molecule has 2 fully saturated rings. The Hall–Kier alpha value is -1.97. The van der Waals surface area contributed by atoms with Gasteiger partial charge in [-0.15, -0.1) is 16.9 Å². The molecular weight excluding hydrogens is 632 g/mol. The molecule has 234 valence electrons. The smallest absolute Gasteiger partial charge is 0.248 e. The SMILES string of the molecule is CO[C@@H]1[C@@H](n2cc(-c3cc(F)c(Cl)c(Cl)c3)nn2)[C@@H](O)[C@@H](CO)O[C@H]1S[C@H](c1ncccc1C)C1(O)CCC(F)(F)CC1. The number of aliphatic hydroxyl groups excluding tert-OH is 2. The Morgan fingerprint density at radius 1 is 1.23 bits per heavy atom. The van der Waals surface area contributed by atoms with Crippen LogP contribution < -0.4 is 0 Å². The highest BCUT2D eigenvalue weighted by Gasteiger charge is 2.53. The summed E-state index contributed by atoms with van der Waals surface area (Å²) in [5.74, 6) is -3.62. The fourth-order valence-electron chi connectivity index (χ4n) is 5.64. The van der Waals surface area contributed by atoms with Gasteiger partial charge in [0.25, 0.3) is 0 Å². The zero-order valence-corrected chi connectivity index (χ0v) is 25.5. The molecule has 2 aliphatic rings. The number of thioether (sulfide) groups is 1. The number of aryl methyl sites for hydroxylation is 1. The van der Waals surface area contributed by atoms with Crippen LogP contribution in [0.1, 0.15) is 48.2 Å². The first-order chi connectivity index (χ1) is 20.4. The van der Waals surface area contributed by atoms with Crippen LogP contribution in [0.3, 0.4) is 0 Å². The molecule has 5 rings (SSSR count). The fourth-order valence-corrected chi connectivity index (χ4v) is 7.73. The summed E-state index contributed by atoms with van der Waals surface area (Å²) < 4.78 is 55.9. The molecule has 43 heavy (non-hydrogen) atoms. The monoisotopic (exact) mass is 662 g/mol. The molecule has 0 bridgehead atoms. The third-order valence-corrected chi connectivity index (χ3v) is 10.5. The van der Waals surface area contributed by atoms with Gasteiger partial charge in [0.1, 0.15) is 41.3 Å². The molecule has 1 aromatic carbocycles. The normalized spacial score (nSPS) is 27.6. The summed E-state index contributed by atoms with van der Waals surface area (Å²) in [5.41, 5.74) is -0.697. The van der Waals surface area contributed by atoms with Gasteiger partial charge >= 0.3 is 0 Å². The van der Waals surface area contributed by atoms with Crippen molar-refractivity contribution in [2.75, 3.05) is 13.7 Å². The van der Waals surface area contributed by atoms with Crippen molar-refractivity contribution in [2.45, 2.75) is 79.2 Å². The van der Waals surface area contributed by atoms with E-state index in [2.05, 4.69) is 15.3 Å². The number of aromatic nitrogens is 4. The molecule has 1 aliphatic heterocycles. The van der Waals surface area contributed by atoms with Gasteiger partial charge in [0.2, 0.25) is 5.92 Å². The van der Waals surface area contributed by atoms with Gasteiger partial charge in [-0.2, -0.15) is 0 Å². The standard InChI is InChI=1S/C28H31Cl2F3N4O5S/c1-14-4-3-9-34-21(14)25(27(40)5-7-28(32,33)8-6-27)43-26-24(41-2)22(23(39)19(13-38)42-26)37-12-18(35-36-37)15-10-16(29)20(30)17(31)11-15/h3-4,9-12,19,22-26,38-40H,5-8,13H2,1-2H3/t19-,22+,23+,24-,25-,26+/m1/s1. The number of benzene rings is 1. The van der Waals surface area contributed by atoms with E-state index in [-0.39, 0.29) is 28.6 Å². The molecule has 0 radical (unpaired) electrons. The zero-order valence-electron chi connectivity index (χ0n) is 23.2. The summed E-state index contributed by atoms with van der Waals surface area (Å²) in [6.07, 6.45) is -1.61. The van der Waals surface area contributed by atoms with Crippen LogP contribution in [0, 0.1) is 12.7 Å². The molecule has 1 aliphatic carbocycles. The molecule has 6 atom stereocenters. The Labute approximate surface area is 260 Å². The molecule has 3 heterocycles. The number of pyridine rings is 1. The van der Waals surface area contributed by atoms with Crippen molar-refractivity contribution in [3.8, 4) is 11.3 Å². The van der Waals surface area contributed by atoms with Crippen molar-refractivity contribution in [3.05, 3.63) is 63.8 Å². The number of hydrogen-bond acceptors (Lipinski definition) is 9. The van der Waals surface area contributed by atoms with Crippen molar-refractivity contribution >= 4 is 35.0 Å². The van der Waals surface area contributed by atoms with E-state index in [1.807, 2.05) is 13.0 Å². The number of aliphatic hydroxyl groups is 3. The molecular formula is C28H31Cl2F3N4O5S. The van der Waals surface area contributed by atoms with E-state index in [0.29, 0.717) is 11.3 Å². The zero-order chi connectivity index (χ0) is 31.1. The van der Waals surface area contributed by atoms with E-state index in [1.165, 1.54) is 24.1 Å². The van der Waals surface area contributed by atoms with Gasteiger partial charge in [0.05, 0.1) is 39.4 Å². The Kier molecular flexibility index (Phi) is 9.65. The van der Waals surface area contributed by atoms with E-state index in [9.17, 15) is 28.5 Å². The van der Waals surface area contributed by atoms with Gasteiger partial charge < -0.3 is 24.8 Å². The first kappa shape index (κ1) is 32.4. The number of methoxy groups -OCH3 is 1. The van der Waals surface area contributed by atoms with E-state index >= 15 is 0 Å². The average Bonchev–Trinajstić information content (AvgIpc) is 3.46. The van der Waals surface area contributed by atoms with Gasteiger partial charge in [-0.3, -0.25) is 4.98 Å². The Morgan fingerprint density at radius 2 is 1.95 bits per heavy atom. The van der Waals surface area contributed by atoms with Crippen molar-refractivity contribution in [3.63, 3.8) is 0 Å². The summed E-state index contributed by atoms with van der Waals surface area (Å²) in [6.45, 7) is 1.26. The van der Waals surface area contributed by atoms with E-state index < -0.39 is 71.8 Å². The molecule has 3 aromatic rings. The first-order valence-electron chi connectivity index (χ1n) is 13.6. The maximum absolute atomic E-state index is 14.3. The molecule has 3 N–H and O–H groups in total. The number of ether oxygens (including phenoxy) is 2. The minimum atomic E-state index is -2.88. The minimum absolute atomic E-state index is 0.0156. The molecule has 1 saturated heterocycles. The average molecular weight is 664 g/mol. The fraction of sp³-hybridized carbons (Fsp3) is 0.536. The molecule has 0 amide bonds. The topological polar surface area (TPSA) is 123 Å². The second-order valence-electron chi connectivity index (χ2n) is 10.9. The van der Waals surface area contributed by atoms with Crippen LogP contribution in [-0.2, 0) is 9.47 Å². The van der Waals surface area contributed by atoms with Crippen LogP contribution in [0.15, 0.2) is 36.7 Å². The highest BCUT2D eigenvalue weighted by molar-refractivity contribution is 8.00. The second kappa shape index (κ2) is 12.8. The van der Waals surface area contributed by atoms with Crippen LogP contribution in [-0.4, -0.2) is 84.3 Å². The van der Waals surface area contributed by atoms with Crippen molar-refractivity contribution in [2.24, 2.45) is 0 Å². The Balaban J connectivity index is 1.50. The quantitative estimate of drug-likeness (QED) is 0.281. The van der Waals surface area contributed by atoms with Gasteiger partial charge in [-0.25, -0.2) is 17.9 Å². The van der Waals surface area contributed by atoms with Crippen LogP contribution in [0.5, 0.6) is 0 Å². The van der Waals surface area contributed by atoms with Crippen molar-refractivity contribution < 1.29 is 38.0 Å². The van der Waals surface area contributed by atoms with Crippen LogP contribution in [0.25, 0.3) is 11.3 Å². The third kappa shape index (κ3) is 6.55. The van der Waals surface area contributed by atoms with Crippen LogP contribution in [0.4, 0.5) is 13.2 Å². The molecule has 0 unspecified atom stereocenters. The molecule has 0 spiro atoms. The number of hydrogen-bond donors (Lipinski definition) is 3. The third-order valence-electron chi connectivity index (χ3n) is 8.10. The number of rotatable bonds is 8. The van der Waals surface area contributed by atoms with E-state index in [0.717, 1.165) is 23.4 Å². The lowest BCUT2D eigenvalue weighted by molar-refractivity contribution is -0.186. The van der Waals surface area contributed by atoms with Crippen molar-refractivity contribution in [1.82, 2.24) is 20.0 Å². The lowest BCUT2D eigenvalue weighted by Gasteiger charge is -2.47. The highest BCUT2D eigenvalue weighted by Crippen LogP contribution is 2.53.